The van der Waals surface area contributed by atoms with Crippen LogP contribution in [0.2, 0.25) is 0 Å². The topological polar surface area (TPSA) is 86.5 Å². The van der Waals surface area contributed by atoms with Crippen molar-refractivity contribution in [2.75, 3.05) is 12.1 Å². The number of nitro benzene ring substituents is 1. The second-order valence-electron chi connectivity index (χ2n) is 5.15. The number of nitro groups is 1. The number of hydrogen-bond acceptors (Lipinski definition) is 7. The van der Waals surface area contributed by atoms with Crippen LogP contribution in [0.4, 0.5) is 20.9 Å². The van der Waals surface area contributed by atoms with E-state index < -0.39 is 16.4 Å². The van der Waals surface area contributed by atoms with Crippen molar-refractivity contribution in [3.05, 3.63) is 57.7 Å². The third-order valence-electron chi connectivity index (χ3n) is 3.57. The van der Waals surface area contributed by atoms with Gasteiger partial charge in [0.25, 0.3) is 0 Å². The number of ether oxygens (including phenoxy) is 2. The van der Waals surface area contributed by atoms with E-state index in [0.717, 1.165) is 11.8 Å². The first kappa shape index (κ1) is 15.3. The van der Waals surface area contributed by atoms with Crippen molar-refractivity contribution >= 4 is 27.8 Å². The number of benzene rings is 2. The molecule has 0 spiro atoms. The minimum atomic E-state index is -0.873. The highest BCUT2D eigenvalue weighted by Crippen LogP contribution is 2.36. The summed E-state index contributed by atoms with van der Waals surface area (Å²) < 4.78 is 24.0. The van der Waals surface area contributed by atoms with E-state index in [-0.39, 0.29) is 6.79 Å². The SMILES string of the molecule is O=[N+]([O-])c1cc(-c2csc(Nc3ccc4c(c3)OCO4)n2)ccc1F. The molecule has 1 aliphatic heterocycles. The number of rotatable bonds is 4. The quantitative estimate of drug-likeness (QED) is 0.551. The molecule has 0 saturated carbocycles. The molecule has 0 aliphatic carbocycles. The summed E-state index contributed by atoms with van der Waals surface area (Å²) in [5.74, 6) is 0.461. The van der Waals surface area contributed by atoms with Gasteiger partial charge in [-0.05, 0) is 24.3 Å². The van der Waals surface area contributed by atoms with E-state index in [1.54, 1.807) is 17.5 Å². The number of aromatic nitrogens is 1. The molecule has 4 rings (SSSR count). The minimum Gasteiger partial charge on any atom is -0.454 e. The lowest BCUT2D eigenvalue weighted by atomic mass is 10.1. The summed E-state index contributed by atoms with van der Waals surface area (Å²) >= 11 is 1.33. The second kappa shape index (κ2) is 6.02. The highest BCUT2D eigenvalue weighted by atomic mass is 32.1. The Hall–Kier alpha value is -3.20. The summed E-state index contributed by atoms with van der Waals surface area (Å²) in [6, 6.07) is 9.13. The van der Waals surface area contributed by atoms with E-state index in [4.69, 9.17) is 9.47 Å². The van der Waals surface area contributed by atoms with Gasteiger partial charge in [-0.15, -0.1) is 11.3 Å². The Balaban J connectivity index is 1.58. The van der Waals surface area contributed by atoms with E-state index in [0.29, 0.717) is 27.9 Å². The van der Waals surface area contributed by atoms with Crippen LogP contribution < -0.4 is 14.8 Å². The molecule has 25 heavy (non-hydrogen) atoms. The number of thiazole rings is 1. The number of fused-ring (bicyclic) bond motifs is 1. The molecule has 2 aromatic carbocycles. The molecule has 9 heteroatoms. The molecule has 0 unspecified atom stereocenters. The predicted molar refractivity (Wildman–Crippen MR) is 90.0 cm³/mol. The predicted octanol–water partition coefficient (Wildman–Crippen LogP) is 4.33. The zero-order valence-corrected chi connectivity index (χ0v) is 13.4. The van der Waals surface area contributed by atoms with Gasteiger partial charge >= 0.3 is 5.69 Å². The van der Waals surface area contributed by atoms with E-state index in [2.05, 4.69) is 10.3 Å². The highest BCUT2D eigenvalue weighted by molar-refractivity contribution is 7.14. The average Bonchev–Trinajstić information content (AvgIpc) is 3.24. The van der Waals surface area contributed by atoms with Crippen molar-refractivity contribution in [2.45, 2.75) is 0 Å². The molecule has 0 saturated heterocycles. The van der Waals surface area contributed by atoms with Crippen LogP contribution in [-0.2, 0) is 0 Å². The van der Waals surface area contributed by atoms with Crippen molar-refractivity contribution in [1.82, 2.24) is 4.98 Å². The zero-order valence-electron chi connectivity index (χ0n) is 12.6. The number of nitrogens with zero attached hydrogens (tertiary/aromatic N) is 2. The maximum absolute atomic E-state index is 13.4. The first-order valence-corrected chi connectivity index (χ1v) is 8.04. The molecule has 2 heterocycles. The van der Waals surface area contributed by atoms with Crippen molar-refractivity contribution in [3.8, 4) is 22.8 Å². The van der Waals surface area contributed by atoms with Crippen LogP contribution >= 0.6 is 11.3 Å². The van der Waals surface area contributed by atoms with Crippen molar-refractivity contribution in [2.24, 2.45) is 0 Å². The minimum absolute atomic E-state index is 0.198. The number of hydrogen-bond donors (Lipinski definition) is 1. The highest BCUT2D eigenvalue weighted by Gasteiger charge is 2.17. The molecule has 1 N–H and O–H groups in total. The maximum atomic E-state index is 13.4. The number of nitrogens with one attached hydrogen (secondary N) is 1. The Morgan fingerprint density at radius 1 is 1.20 bits per heavy atom. The molecule has 0 bridgehead atoms. The van der Waals surface area contributed by atoms with Gasteiger partial charge in [-0.25, -0.2) is 4.98 Å². The Morgan fingerprint density at radius 2 is 2.04 bits per heavy atom. The summed E-state index contributed by atoms with van der Waals surface area (Å²) in [5.41, 5.74) is 1.20. The Bertz CT molecular complexity index is 976. The van der Waals surface area contributed by atoms with Gasteiger partial charge in [0, 0.05) is 28.8 Å². The fourth-order valence-electron chi connectivity index (χ4n) is 2.37. The molecule has 1 aliphatic rings. The number of halogens is 1. The monoisotopic (exact) mass is 359 g/mol. The van der Waals surface area contributed by atoms with Crippen LogP contribution in [0.15, 0.2) is 41.8 Å². The fraction of sp³-hybridized carbons (Fsp3) is 0.0625. The third-order valence-corrected chi connectivity index (χ3v) is 4.32. The second-order valence-corrected chi connectivity index (χ2v) is 6.01. The van der Waals surface area contributed by atoms with E-state index in [1.807, 2.05) is 6.07 Å². The Labute approximate surface area is 144 Å². The Morgan fingerprint density at radius 3 is 2.88 bits per heavy atom. The molecule has 7 nitrogen and oxygen atoms in total. The van der Waals surface area contributed by atoms with Crippen molar-refractivity contribution < 1.29 is 18.8 Å². The summed E-state index contributed by atoms with van der Waals surface area (Å²) in [6.07, 6.45) is 0. The van der Waals surface area contributed by atoms with Crippen LogP contribution in [0.25, 0.3) is 11.3 Å². The summed E-state index contributed by atoms with van der Waals surface area (Å²) in [5, 5.41) is 16.3. The number of anilines is 2. The van der Waals surface area contributed by atoms with Crippen molar-refractivity contribution in [1.29, 1.82) is 0 Å². The maximum Gasteiger partial charge on any atom is 0.305 e. The van der Waals surface area contributed by atoms with E-state index >= 15 is 0 Å². The molecular formula is C16H10FN3O4S. The molecule has 0 fully saturated rings. The molecule has 3 aromatic rings. The molecule has 0 atom stereocenters. The lowest BCUT2D eigenvalue weighted by Crippen LogP contribution is -1.93. The first-order chi connectivity index (χ1) is 12.1. The largest absolute Gasteiger partial charge is 0.454 e. The molecular weight excluding hydrogens is 349 g/mol. The molecule has 0 radical (unpaired) electrons. The summed E-state index contributed by atoms with van der Waals surface area (Å²) in [4.78, 5) is 14.5. The standard InChI is InChI=1S/C16H10FN3O4S/c17-11-3-1-9(5-13(11)20(21)22)12-7-25-16(19-12)18-10-2-4-14-15(6-10)24-8-23-14/h1-7H,8H2,(H,18,19). The van der Waals surface area contributed by atoms with Crippen LogP contribution in [0.3, 0.4) is 0 Å². The van der Waals surface area contributed by atoms with Gasteiger partial charge in [0.05, 0.1) is 10.6 Å². The molecule has 1 aromatic heterocycles. The van der Waals surface area contributed by atoms with Gasteiger partial charge in [0.2, 0.25) is 12.6 Å². The average molecular weight is 359 g/mol. The van der Waals surface area contributed by atoms with Crippen LogP contribution in [0, 0.1) is 15.9 Å². The van der Waals surface area contributed by atoms with Gasteiger partial charge < -0.3 is 14.8 Å². The van der Waals surface area contributed by atoms with Gasteiger partial charge in [0.15, 0.2) is 16.6 Å². The smallest absolute Gasteiger partial charge is 0.305 e. The normalized spacial score (nSPS) is 12.2. The molecule has 126 valence electrons. The van der Waals surface area contributed by atoms with Gasteiger partial charge in [0.1, 0.15) is 0 Å². The van der Waals surface area contributed by atoms with Crippen LogP contribution in [0.5, 0.6) is 11.5 Å². The van der Waals surface area contributed by atoms with E-state index in [9.17, 15) is 14.5 Å². The molecule has 0 amide bonds. The van der Waals surface area contributed by atoms with E-state index in [1.165, 1.54) is 23.5 Å². The van der Waals surface area contributed by atoms with Crippen LogP contribution in [0.1, 0.15) is 0 Å². The third kappa shape index (κ3) is 2.96. The fourth-order valence-corrected chi connectivity index (χ4v) is 3.11. The Kier molecular flexibility index (Phi) is 3.69. The van der Waals surface area contributed by atoms with Crippen molar-refractivity contribution in [3.63, 3.8) is 0 Å². The first-order valence-electron chi connectivity index (χ1n) is 7.17. The van der Waals surface area contributed by atoms with Gasteiger partial charge in [-0.1, -0.05) is 0 Å². The lowest BCUT2D eigenvalue weighted by molar-refractivity contribution is -0.387. The zero-order chi connectivity index (χ0) is 17.4. The summed E-state index contributed by atoms with van der Waals surface area (Å²) in [7, 11) is 0. The van der Waals surface area contributed by atoms with Crippen LogP contribution in [-0.4, -0.2) is 16.7 Å². The van der Waals surface area contributed by atoms with Gasteiger partial charge in [-0.3, -0.25) is 10.1 Å². The summed E-state index contributed by atoms with van der Waals surface area (Å²) in [6.45, 7) is 0.198. The lowest BCUT2D eigenvalue weighted by Gasteiger charge is -2.03. The van der Waals surface area contributed by atoms with Gasteiger partial charge in [-0.2, -0.15) is 4.39 Å².